The molecular formula is C21H16BrN3O. The van der Waals surface area contributed by atoms with Crippen molar-refractivity contribution in [1.82, 2.24) is 9.71 Å². The summed E-state index contributed by atoms with van der Waals surface area (Å²) >= 11 is 3.49. The first kappa shape index (κ1) is 15.5. The number of fused-ring (bicyclic) bond motifs is 5. The molecule has 0 radical (unpaired) electrons. The van der Waals surface area contributed by atoms with E-state index in [9.17, 15) is 0 Å². The second kappa shape index (κ2) is 5.88. The Morgan fingerprint density at radius 2 is 1.85 bits per heavy atom. The molecule has 0 spiro atoms. The minimum absolute atomic E-state index is 0.316. The van der Waals surface area contributed by atoms with E-state index in [0.29, 0.717) is 0 Å². The van der Waals surface area contributed by atoms with E-state index in [1.165, 1.54) is 5.56 Å². The molecule has 1 aromatic heterocycles. The van der Waals surface area contributed by atoms with Gasteiger partial charge in [0.2, 0.25) is 6.23 Å². The van der Waals surface area contributed by atoms with Crippen molar-refractivity contribution in [3.8, 4) is 11.4 Å². The highest BCUT2D eigenvalue weighted by Crippen LogP contribution is 2.35. The van der Waals surface area contributed by atoms with Crippen LogP contribution in [-0.2, 0) is 0 Å². The average Bonchev–Trinajstić information content (AvgIpc) is 2.91. The van der Waals surface area contributed by atoms with Crippen LogP contribution in [-0.4, -0.2) is 9.71 Å². The van der Waals surface area contributed by atoms with Crippen molar-refractivity contribution < 1.29 is 4.84 Å². The van der Waals surface area contributed by atoms with Crippen molar-refractivity contribution in [1.29, 1.82) is 0 Å². The van der Waals surface area contributed by atoms with E-state index in [0.717, 1.165) is 38.1 Å². The van der Waals surface area contributed by atoms with E-state index in [2.05, 4.69) is 64.6 Å². The smallest absolute Gasteiger partial charge is 0.221 e. The summed E-state index contributed by atoms with van der Waals surface area (Å²) < 4.78 is 2.90. The van der Waals surface area contributed by atoms with E-state index in [1.807, 2.05) is 35.1 Å². The van der Waals surface area contributed by atoms with Gasteiger partial charge in [-0.2, -0.15) is 4.73 Å². The quantitative estimate of drug-likeness (QED) is 0.465. The zero-order chi connectivity index (χ0) is 17.7. The number of aryl methyl sites for hydroxylation is 1. The molecule has 0 fully saturated rings. The highest BCUT2D eigenvalue weighted by atomic mass is 79.9. The molecule has 1 aliphatic rings. The van der Waals surface area contributed by atoms with Crippen molar-refractivity contribution in [2.45, 2.75) is 13.2 Å². The number of para-hydroxylation sites is 1. The van der Waals surface area contributed by atoms with Crippen LogP contribution >= 0.6 is 15.9 Å². The fourth-order valence-corrected chi connectivity index (χ4v) is 3.56. The van der Waals surface area contributed by atoms with E-state index < -0.39 is 0 Å². The number of nitrogens with one attached hydrogen (secondary N) is 1. The minimum atomic E-state index is -0.316. The summed E-state index contributed by atoms with van der Waals surface area (Å²) in [6.07, 6.45) is -0.316. The van der Waals surface area contributed by atoms with Gasteiger partial charge in [0.25, 0.3) is 0 Å². The maximum Gasteiger partial charge on any atom is 0.221 e. The van der Waals surface area contributed by atoms with Gasteiger partial charge < -0.3 is 10.2 Å². The first-order valence-corrected chi connectivity index (χ1v) is 9.26. The molecule has 4 nitrogen and oxygen atoms in total. The maximum absolute atomic E-state index is 6.40. The van der Waals surface area contributed by atoms with Gasteiger partial charge in [-0.1, -0.05) is 46.3 Å². The van der Waals surface area contributed by atoms with Crippen LogP contribution in [0.5, 0.6) is 0 Å². The van der Waals surface area contributed by atoms with Gasteiger partial charge in [0.15, 0.2) is 5.82 Å². The van der Waals surface area contributed by atoms with Gasteiger partial charge in [0.1, 0.15) is 5.52 Å². The number of hydrogen-bond acceptors (Lipinski definition) is 3. The Balaban J connectivity index is 1.74. The van der Waals surface area contributed by atoms with E-state index >= 15 is 0 Å². The second-order valence-corrected chi connectivity index (χ2v) is 7.36. The van der Waals surface area contributed by atoms with Gasteiger partial charge in [-0.25, -0.2) is 4.98 Å². The maximum atomic E-state index is 6.40. The van der Waals surface area contributed by atoms with Crippen molar-refractivity contribution in [3.05, 3.63) is 82.3 Å². The number of halogens is 1. The SMILES string of the molecule is Cc1ccc2nc3n(c2c1)OC(c1ccc(Br)cc1)Nc1ccccc1-3. The molecule has 128 valence electrons. The number of aromatic nitrogens is 2. The van der Waals surface area contributed by atoms with Gasteiger partial charge in [-0.3, -0.25) is 0 Å². The van der Waals surface area contributed by atoms with Crippen LogP contribution in [0.15, 0.2) is 71.2 Å². The number of rotatable bonds is 1. The Hall–Kier alpha value is -2.79. The molecule has 0 aliphatic carbocycles. The fourth-order valence-electron chi connectivity index (χ4n) is 3.30. The van der Waals surface area contributed by atoms with Crippen LogP contribution in [0.25, 0.3) is 22.4 Å². The number of imidazole rings is 1. The zero-order valence-electron chi connectivity index (χ0n) is 14.1. The van der Waals surface area contributed by atoms with Gasteiger partial charge in [0.05, 0.1) is 5.52 Å². The molecule has 0 bridgehead atoms. The van der Waals surface area contributed by atoms with Crippen LogP contribution in [0.2, 0.25) is 0 Å². The van der Waals surface area contributed by atoms with E-state index in [1.54, 1.807) is 0 Å². The summed E-state index contributed by atoms with van der Waals surface area (Å²) in [5.41, 5.74) is 6.16. The standard InChI is InChI=1S/C21H16BrN3O/c1-13-6-11-18-19(12-13)25-20(23-18)16-4-2-3-5-17(16)24-21(26-25)14-7-9-15(22)10-8-14/h2-12,21,24H,1H3. The van der Waals surface area contributed by atoms with Gasteiger partial charge in [-0.05, 0) is 48.9 Å². The summed E-state index contributed by atoms with van der Waals surface area (Å²) in [6, 6.07) is 22.6. The fraction of sp³-hybridized carbons (Fsp3) is 0.0952. The monoisotopic (exact) mass is 405 g/mol. The first-order valence-electron chi connectivity index (χ1n) is 8.47. The van der Waals surface area contributed by atoms with Crippen molar-refractivity contribution in [2.75, 3.05) is 5.32 Å². The van der Waals surface area contributed by atoms with Crippen LogP contribution in [0.3, 0.4) is 0 Å². The second-order valence-electron chi connectivity index (χ2n) is 6.45. The predicted octanol–water partition coefficient (Wildman–Crippen LogP) is 5.33. The lowest BCUT2D eigenvalue weighted by atomic mass is 10.1. The molecule has 0 saturated carbocycles. The minimum Gasteiger partial charge on any atom is -0.382 e. The summed E-state index contributed by atoms with van der Waals surface area (Å²) in [4.78, 5) is 11.2. The molecule has 1 unspecified atom stereocenters. The Labute approximate surface area is 159 Å². The number of nitrogens with zero attached hydrogens (tertiary/aromatic N) is 2. The zero-order valence-corrected chi connectivity index (χ0v) is 15.7. The molecule has 4 aromatic rings. The predicted molar refractivity (Wildman–Crippen MR) is 107 cm³/mol. The van der Waals surface area contributed by atoms with E-state index in [-0.39, 0.29) is 6.23 Å². The summed E-state index contributed by atoms with van der Waals surface area (Å²) in [7, 11) is 0. The number of anilines is 1. The van der Waals surface area contributed by atoms with Crippen LogP contribution in [0.4, 0.5) is 5.69 Å². The Bertz CT molecular complexity index is 1120. The molecule has 2 heterocycles. The van der Waals surface area contributed by atoms with Crippen LogP contribution in [0.1, 0.15) is 17.4 Å². The van der Waals surface area contributed by atoms with E-state index in [4.69, 9.17) is 9.82 Å². The van der Waals surface area contributed by atoms with Crippen molar-refractivity contribution >= 4 is 32.7 Å². The lowest BCUT2D eigenvalue weighted by Gasteiger charge is -2.20. The molecule has 3 aromatic carbocycles. The third kappa shape index (κ3) is 2.47. The normalized spacial score (nSPS) is 15.5. The summed E-state index contributed by atoms with van der Waals surface area (Å²) in [6.45, 7) is 2.08. The molecule has 0 saturated heterocycles. The lowest BCUT2D eigenvalue weighted by molar-refractivity contribution is 0.0663. The third-order valence-electron chi connectivity index (χ3n) is 4.61. The lowest BCUT2D eigenvalue weighted by Crippen LogP contribution is -2.23. The highest BCUT2D eigenvalue weighted by molar-refractivity contribution is 9.10. The van der Waals surface area contributed by atoms with Gasteiger partial charge in [0, 0.05) is 21.3 Å². The van der Waals surface area contributed by atoms with Crippen LogP contribution < -0.4 is 10.2 Å². The summed E-state index contributed by atoms with van der Waals surface area (Å²) in [5, 5.41) is 3.51. The molecular weight excluding hydrogens is 390 g/mol. The molecule has 1 N–H and O–H groups in total. The largest absolute Gasteiger partial charge is 0.382 e. The molecule has 1 aliphatic heterocycles. The molecule has 5 rings (SSSR count). The molecule has 5 heteroatoms. The van der Waals surface area contributed by atoms with Gasteiger partial charge in [-0.15, -0.1) is 0 Å². The van der Waals surface area contributed by atoms with Crippen LogP contribution in [0, 0.1) is 6.92 Å². The Morgan fingerprint density at radius 3 is 2.69 bits per heavy atom. The molecule has 0 amide bonds. The average molecular weight is 406 g/mol. The Morgan fingerprint density at radius 1 is 1.04 bits per heavy atom. The molecule has 26 heavy (non-hydrogen) atoms. The van der Waals surface area contributed by atoms with Crippen molar-refractivity contribution in [2.24, 2.45) is 0 Å². The van der Waals surface area contributed by atoms with Crippen molar-refractivity contribution in [3.63, 3.8) is 0 Å². The molecule has 1 atom stereocenters. The highest BCUT2D eigenvalue weighted by Gasteiger charge is 2.25. The van der Waals surface area contributed by atoms with Gasteiger partial charge >= 0.3 is 0 Å². The third-order valence-corrected chi connectivity index (χ3v) is 5.14. The summed E-state index contributed by atoms with van der Waals surface area (Å²) in [5.74, 6) is 0.813. The number of benzene rings is 3. The first-order chi connectivity index (χ1) is 12.7. The Kier molecular flexibility index (Phi) is 3.50. The number of hydrogen-bond donors (Lipinski definition) is 1. The topological polar surface area (TPSA) is 39.1 Å².